The van der Waals surface area contributed by atoms with Crippen molar-refractivity contribution in [3.8, 4) is 11.5 Å². The molecule has 4 heteroatoms. The first-order valence-corrected chi connectivity index (χ1v) is 8.24. The van der Waals surface area contributed by atoms with Crippen LogP contribution < -0.4 is 0 Å². The quantitative estimate of drug-likeness (QED) is 0.275. The molecule has 3 N–H and O–H groups in total. The highest BCUT2D eigenvalue weighted by Gasteiger charge is 2.33. The minimum atomic E-state index is -0.481. The number of aliphatic hydroxyl groups is 1. The number of phenols is 2. The standard InChI is InChI=1S/C19H19IO3/c1-13(3-4-14(2)21)19(20,15-5-9-17(22)10-6-15)16-7-11-18(23)12-8-16/h3-12,21-23H,1-2H3/b13-3+,14-4+. The lowest BCUT2D eigenvalue weighted by molar-refractivity contribution is 0.414. The van der Waals surface area contributed by atoms with Crippen molar-refractivity contribution >= 4 is 22.6 Å². The van der Waals surface area contributed by atoms with Crippen molar-refractivity contribution in [1.82, 2.24) is 0 Å². The summed E-state index contributed by atoms with van der Waals surface area (Å²) in [4.78, 5) is 0. The van der Waals surface area contributed by atoms with Gasteiger partial charge in [0.05, 0.1) is 9.18 Å². The van der Waals surface area contributed by atoms with E-state index in [1.54, 1.807) is 37.3 Å². The Morgan fingerprint density at radius 1 is 0.826 bits per heavy atom. The molecule has 0 bridgehead atoms. The molecule has 2 rings (SSSR count). The minimum Gasteiger partial charge on any atom is -0.513 e. The molecule has 120 valence electrons. The lowest BCUT2D eigenvalue weighted by Gasteiger charge is -2.30. The number of aromatic hydroxyl groups is 2. The van der Waals surface area contributed by atoms with Gasteiger partial charge in [-0.3, -0.25) is 0 Å². The SMILES string of the molecule is C/C(O)=C\C=C(/C)C(I)(c1ccc(O)cc1)c1ccc(O)cc1. The van der Waals surface area contributed by atoms with Crippen LogP contribution >= 0.6 is 22.6 Å². The van der Waals surface area contributed by atoms with Gasteiger partial charge in [-0.1, -0.05) is 52.9 Å². The smallest absolute Gasteiger partial charge is 0.115 e. The number of rotatable bonds is 4. The zero-order valence-electron chi connectivity index (χ0n) is 13.0. The van der Waals surface area contributed by atoms with Crippen molar-refractivity contribution in [2.45, 2.75) is 17.3 Å². The van der Waals surface area contributed by atoms with Gasteiger partial charge in [-0.2, -0.15) is 0 Å². The predicted molar refractivity (Wildman–Crippen MR) is 101 cm³/mol. The molecule has 0 fully saturated rings. The van der Waals surface area contributed by atoms with Crippen molar-refractivity contribution in [2.24, 2.45) is 0 Å². The molecule has 0 aliphatic rings. The van der Waals surface area contributed by atoms with E-state index in [1.165, 1.54) is 0 Å². The van der Waals surface area contributed by atoms with Gasteiger partial charge in [0, 0.05) is 0 Å². The second-order valence-corrected chi connectivity index (χ2v) is 7.03. The van der Waals surface area contributed by atoms with Crippen LogP contribution in [0.5, 0.6) is 11.5 Å². The highest BCUT2D eigenvalue weighted by atomic mass is 127. The largest absolute Gasteiger partial charge is 0.513 e. The predicted octanol–water partition coefficient (Wildman–Crippen LogP) is 5.18. The molecule has 3 nitrogen and oxygen atoms in total. The van der Waals surface area contributed by atoms with E-state index >= 15 is 0 Å². The van der Waals surface area contributed by atoms with Gasteiger partial charge in [0.25, 0.3) is 0 Å². The fourth-order valence-corrected chi connectivity index (χ4v) is 3.26. The summed E-state index contributed by atoms with van der Waals surface area (Å²) < 4.78 is -0.481. The topological polar surface area (TPSA) is 60.7 Å². The highest BCUT2D eigenvalue weighted by molar-refractivity contribution is 14.1. The van der Waals surface area contributed by atoms with Crippen LogP contribution in [-0.4, -0.2) is 15.3 Å². The van der Waals surface area contributed by atoms with Crippen molar-refractivity contribution < 1.29 is 15.3 Å². The molecule has 0 spiro atoms. The Morgan fingerprint density at radius 3 is 1.57 bits per heavy atom. The Kier molecular flexibility index (Phi) is 5.36. The van der Waals surface area contributed by atoms with Crippen LogP contribution in [-0.2, 0) is 3.42 Å². The summed E-state index contributed by atoms with van der Waals surface area (Å²) in [6.07, 6.45) is 3.53. The molecule has 0 saturated heterocycles. The van der Waals surface area contributed by atoms with E-state index in [0.717, 1.165) is 16.7 Å². The van der Waals surface area contributed by atoms with Gasteiger partial charge in [-0.25, -0.2) is 0 Å². The third-order valence-electron chi connectivity index (χ3n) is 3.65. The molecule has 0 aliphatic heterocycles. The maximum Gasteiger partial charge on any atom is 0.115 e. The Bertz CT molecular complexity index is 679. The molecular formula is C19H19IO3. The highest BCUT2D eigenvalue weighted by Crippen LogP contribution is 2.46. The second-order valence-electron chi connectivity index (χ2n) is 5.41. The molecule has 2 aromatic rings. The molecule has 0 amide bonds. The fraction of sp³-hybridized carbons (Fsp3) is 0.158. The number of phenolic OH excluding ortho intramolecular Hbond substituents is 2. The van der Waals surface area contributed by atoms with Crippen LogP contribution in [0.15, 0.2) is 72.0 Å². The molecular weight excluding hydrogens is 403 g/mol. The maximum atomic E-state index is 9.55. The summed E-state index contributed by atoms with van der Waals surface area (Å²) in [5.41, 5.74) is 3.02. The summed E-state index contributed by atoms with van der Waals surface area (Å²) in [6.45, 7) is 3.62. The minimum absolute atomic E-state index is 0.214. The number of hydrogen-bond donors (Lipinski definition) is 3. The van der Waals surface area contributed by atoms with Gasteiger partial charge in [0.1, 0.15) is 11.5 Å². The number of benzene rings is 2. The Morgan fingerprint density at radius 2 is 1.22 bits per heavy atom. The molecule has 0 saturated carbocycles. The average Bonchev–Trinajstić information content (AvgIpc) is 2.53. The van der Waals surface area contributed by atoms with Crippen LogP contribution in [0.3, 0.4) is 0 Å². The summed E-state index contributed by atoms with van der Waals surface area (Å²) in [6, 6.07) is 14.1. The first-order valence-electron chi connectivity index (χ1n) is 7.16. The Hall–Kier alpha value is -1.95. The van der Waals surface area contributed by atoms with Crippen molar-refractivity contribution in [3.05, 3.63) is 83.1 Å². The van der Waals surface area contributed by atoms with Gasteiger partial charge in [0.2, 0.25) is 0 Å². The van der Waals surface area contributed by atoms with E-state index in [9.17, 15) is 15.3 Å². The molecule has 0 aliphatic carbocycles. The molecule has 0 atom stereocenters. The van der Waals surface area contributed by atoms with Gasteiger partial charge in [0.15, 0.2) is 0 Å². The van der Waals surface area contributed by atoms with E-state index in [1.807, 2.05) is 37.3 Å². The summed E-state index contributed by atoms with van der Waals surface area (Å²) in [5, 5.41) is 28.5. The second kappa shape index (κ2) is 7.08. The van der Waals surface area contributed by atoms with Gasteiger partial charge < -0.3 is 15.3 Å². The molecule has 0 unspecified atom stereocenters. The first-order chi connectivity index (χ1) is 10.8. The molecule has 0 aromatic heterocycles. The van der Waals surface area contributed by atoms with Crippen LogP contribution in [0.4, 0.5) is 0 Å². The Labute approximate surface area is 149 Å². The first kappa shape index (κ1) is 17.4. The molecule has 23 heavy (non-hydrogen) atoms. The number of allylic oxidation sites excluding steroid dienone is 4. The van der Waals surface area contributed by atoms with Crippen molar-refractivity contribution in [2.75, 3.05) is 0 Å². The third-order valence-corrected chi connectivity index (χ3v) is 5.74. The zero-order chi connectivity index (χ0) is 17.0. The number of alkyl halides is 1. The zero-order valence-corrected chi connectivity index (χ0v) is 15.2. The van der Waals surface area contributed by atoms with Gasteiger partial charge >= 0.3 is 0 Å². The van der Waals surface area contributed by atoms with Crippen LogP contribution in [0, 0.1) is 0 Å². The van der Waals surface area contributed by atoms with Gasteiger partial charge in [-0.05, 0) is 60.9 Å². The number of halogens is 1. The van der Waals surface area contributed by atoms with Crippen LogP contribution in [0.2, 0.25) is 0 Å². The average molecular weight is 422 g/mol. The Balaban J connectivity index is 2.63. The summed E-state index contributed by atoms with van der Waals surface area (Å²) in [5.74, 6) is 0.663. The third kappa shape index (κ3) is 3.88. The lowest BCUT2D eigenvalue weighted by Crippen LogP contribution is -2.21. The van der Waals surface area contributed by atoms with E-state index in [0.29, 0.717) is 0 Å². The molecule has 0 heterocycles. The molecule has 0 radical (unpaired) electrons. The van der Waals surface area contributed by atoms with E-state index < -0.39 is 3.42 Å². The van der Waals surface area contributed by atoms with E-state index in [4.69, 9.17) is 0 Å². The van der Waals surface area contributed by atoms with E-state index in [2.05, 4.69) is 22.6 Å². The fourth-order valence-electron chi connectivity index (χ4n) is 2.36. The van der Waals surface area contributed by atoms with E-state index in [-0.39, 0.29) is 17.3 Å². The van der Waals surface area contributed by atoms with Crippen molar-refractivity contribution in [3.63, 3.8) is 0 Å². The summed E-state index contributed by atoms with van der Waals surface area (Å²) >= 11 is 2.36. The number of hydrogen-bond acceptors (Lipinski definition) is 3. The van der Waals surface area contributed by atoms with Gasteiger partial charge in [-0.15, -0.1) is 0 Å². The van der Waals surface area contributed by atoms with Crippen LogP contribution in [0.1, 0.15) is 25.0 Å². The number of aliphatic hydroxyl groups excluding tert-OH is 1. The monoisotopic (exact) mass is 422 g/mol. The van der Waals surface area contributed by atoms with Crippen molar-refractivity contribution in [1.29, 1.82) is 0 Å². The normalized spacial score (nSPS) is 13.2. The molecule has 2 aromatic carbocycles. The lowest BCUT2D eigenvalue weighted by atomic mass is 9.85. The maximum absolute atomic E-state index is 9.55. The van der Waals surface area contributed by atoms with Crippen LogP contribution in [0.25, 0.3) is 0 Å². The summed E-state index contributed by atoms with van der Waals surface area (Å²) in [7, 11) is 0.